The fourth-order valence-corrected chi connectivity index (χ4v) is 1.35. The van der Waals surface area contributed by atoms with Gasteiger partial charge in [0.15, 0.2) is 11.6 Å². The van der Waals surface area contributed by atoms with Crippen LogP contribution in [0.15, 0.2) is 29.8 Å². The lowest BCUT2D eigenvalue weighted by atomic mass is 10.0. The molecular weight excluding hydrogens is 222 g/mol. The maximum absolute atomic E-state index is 11.2. The van der Waals surface area contributed by atoms with E-state index in [1.54, 1.807) is 12.1 Å². The van der Waals surface area contributed by atoms with Crippen LogP contribution in [0.4, 0.5) is 5.69 Å². The lowest BCUT2D eigenvalue weighted by Crippen LogP contribution is -2.07. The Labute approximate surface area is 98.5 Å². The Hall–Kier alpha value is -1.98. The number of ketones is 2. The number of carbonyl (C=O) groups excluding carboxylic acids is 2. The molecule has 1 rings (SSSR count). The average molecular weight is 234 g/mol. The second kappa shape index (κ2) is 5.38. The molecule has 0 saturated carbocycles. The fraction of sp³-hybridized carbons (Fsp3) is 0.167. The maximum atomic E-state index is 11.2. The lowest BCUT2D eigenvalue weighted by molar-refractivity contribution is -0.119. The molecule has 1 N–H and O–H groups in total. The average Bonchev–Trinajstić information content (AvgIpc) is 2.25. The lowest BCUT2D eigenvalue weighted by Gasteiger charge is -2.21. The number of benzene rings is 1. The van der Waals surface area contributed by atoms with Gasteiger partial charge >= 0.3 is 0 Å². The molecule has 1 aromatic rings. The number of rotatable bonds is 4. The number of anilines is 1. The van der Waals surface area contributed by atoms with Crippen molar-refractivity contribution in [1.29, 1.82) is 0 Å². The normalized spacial score (nSPS) is 9.65. The van der Waals surface area contributed by atoms with E-state index in [1.165, 1.54) is 32.1 Å². The number of Topliss-reactive ketones (excluding diaryl/α,β-unsaturated/α-hetero) is 2. The number of carbonyl (C=O) groups is 2. The Kier molecular flexibility index (Phi) is 4.14. The molecule has 0 fully saturated rings. The van der Waals surface area contributed by atoms with E-state index in [-0.39, 0.29) is 28.1 Å². The van der Waals surface area contributed by atoms with Crippen molar-refractivity contribution in [3.05, 3.63) is 40.6 Å². The zero-order valence-corrected chi connectivity index (χ0v) is 9.51. The highest BCUT2D eigenvalue weighted by Crippen LogP contribution is 2.16. The minimum atomic E-state index is -0.342. The molecule has 5 heteroatoms. The van der Waals surface area contributed by atoms with Crippen LogP contribution in [0.3, 0.4) is 0 Å². The van der Waals surface area contributed by atoms with Gasteiger partial charge in [0, 0.05) is 0 Å². The molecule has 0 amide bonds. The van der Waals surface area contributed by atoms with Crippen LogP contribution in [0.1, 0.15) is 19.4 Å². The first-order chi connectivity index (χ1) is 7.91. The first kappa shape index (κ1) is 13.1. The van der Waals surface area contributed by atoms with Gasteiger partial charge in [0.2, 0.25) is 0 Å². The largest absolute Gasteiger partial charge is 0.733 e. The summed E-state index contributed by atoms with van der Waals surface area (Å²) in [6, 6.07) is 5.95. The van der Waals surface area contributed by atoms with Crippen molar-refractivity contribution < 1.29 is 14.8 Å². The summed E-state index contributed by atoms with van der Waals surface area (Å²) in [5, 5.41) is 19.1. The van der Waals surface area contributed by atoms with Crippen LogP contribution in [0, 0.1) is 5.21 Å². The third kappa shape index (κ3) is 3.51. The van der Waals surface area contributed by atoms with Gasteiger partial charge in [-0.3, -0.25) is 14.8 Å². The van der Waals surface area contributed by atoms with Gasteiger partial charge in [-0.25, -0.2) is 0 Å². The van der Waals surface area contributed by atoms with Crippen molar-refractivity contribution in [1.82, 2.24) is 0 Å². The molecule has 0 saturated heterocycles. The standard InChI is InChI=1S/C12H12NO4/c1-8(14)12(9(2)15)7-10-4-3-5-11(6-10)13(16)17/h3-7,16H,1-2H3/q-1. The van der Waals surface area contributed by atoms with Crippen LogP contribution >= 0.6 is 0 Å². The van der Waals surface area contributed by atoms with Crippen molar-refractivity contribution in [2.75, 3.05) is 5.23 Å². The minimum Gasteiger partial charge on any atom is -0.733 e. The molecule has 0 bridgehead atoms. The minimum absolute atomic E-state index is 0.0326. The molecule has 0 radical (unpaired) electrons. The monoisotopic (exact) mass is 234 g/mol. The summed E-state index contributed by atoms with van der Waals surface area (Å²) in [5.74, 6) is -0.684. The van der Waals surface area contributed by atoms with Gasteiger partial charge in [-0.15, -0.1) is 0 Å². The quantitative estimate of drug-likeness (QED) is 0.372. The molecule has 17 heavy (non-hydrogen) atoms. The molecule has 0 unspecified atom stereocenters. The van der Waals surface area contributed by atoms with E-state index in [0.29, 0.717) is 5.56 Å². The molecular formula is C12H12NO4-. The first-order valence-corrected chi connectivity index (χ1v) is 4.91. The molecule has 0 aliphatic rings. The van der Waals surface area contributed by atoms with Crippen molar-refractivity contribution in [3.8, 4) is 0 Å². The zero-order chi connectivity index (χ0) is 13.0. The van der Waals surface area contributed by atoms with Crippen LogP contribution in [-0.4, -0.2) is 16.8 Å². The van der Waals surface area contributed by atoms with Crippen molar-refractivity contribution >= 4 is 23.3 Å². The predicted molar refractivity (Wildman–Crippen MR) is 63.4 cm³/mol. The number of hydrogen-bond donors (Lipinski definition) is 1. The Bertz CT molecular complexity index is 461. The summed E-state index contributed by atoms with van der Waals surface area (Å²) in [6.07, 6.45) is 1.39. The van der Waals surface area contributed by atoms with Gasteiger partial charge in [-0.2, -0.15) is 0 Å². The molecule has 5 nitrogen and oxygen atoms in total. The summed E-state index contributed by atoms with van der Waals surface area (Å²) < 4.78 is 0. The molecule has 90 valence electrons. The summed E-state index contributed by atoms with van der Waals surface area (Å²) in [6.45, 7) is 2.59. The van der Waals surface area contributed by atoms with E-state index < -0.39 is 0 Å². The first-order valence-electron chi connectivity index (χ1n) is 4.91. The van der Waals surface area contributed by atoms with Crippen molar-refractivity contribution in [3.63, 3.8) is 0 Å². The summed E-state index contributed by atoms with van der Waals surface area (Å²) in [5.41, 5.74) is 0.584. The molecule has 0 spiro atoms. The van der Waals surface area contributed by atoms with Crippen molar-refractivity contribution in [2.24, 2.45) is 0 Å². The van der Waals surface area contributed by atoms with Gasteiger partial charge in [-0.1, -0.05) is 12.1 Å². The van der Waals surface area contributed by atoms with E-state index in [9.17, 15) is 14.8 Å². The Morgan fingerprint density at radius 3 is 2.35 bits per heavy atom. The third-order valence-electron chi connectivity index (χ3n) is 2.16. The van der Waals surface area contributed by atoms with E-state index in [0.717, 1.165) is 0 Å². The van der Waals surface area contributed by atoms with Gasteiger partial charge < -0.3 is 10.4 Å². The SMILES string of the molecule is CC(=O)C(=Cc1cccc(N([O-])O)c1)C(C)=O. The maximum Gasteiger partial charge on any atom is 0.163 e. The topological polar surface area (TPSA) is 80.7 Å². The summed E-state index contributed by atoms with van der Waals surface area (Å²) in [4.78, 5) is 22.4. The smallest absolute Gasteiger partial charge is 0.163 e. The molecule has 1 aromatic carbocycles. The van der Waals surface area contributed by atoms with E-state index in [2.05, 4.69) is 0 Å². The molecule has 0 aliphatic carbocycles. The third-order valence-corrected chi connectivity index (χ3v) is 2.16. The van der Waals surface area contributed by atoms with E-state index >= 15 is 0 Å². The van der Waals surface area contributed by atoms with Crippen LogP contribution in [-0.2, 0) is 9.59 Å². The Morgan fingerprint density at radius 2 is 1.88 bits per heavy atom. The van der Waals surface area contributed by atoms with Gasteiger partial charge in [0.1, 0.15) is 0 Å². The molecule has 0 aliphatic heterocycles. The fourth-order valence-electron chi connectivity index (χ4n) is 1.35. The number of allylic oxidation sites excluding steroid dienone is 1. The molecule has 0 heterocycles. The van der Waals surface area contributed by atoms with Gasteiger partial charge in [-0.05, 0) is 37.6 Å². The van der Waals surface area contributed by atoms with Crippen LogP contribution < -0.4 is 5.23 Å². The molecule has 0 aromatic heterocycles. The number of nitrogens with zero attached hydrogens (tertiary/aromatic N) is 1. The second-order valence-corrected chi connectivity index (χ2v) is 3.54. The van der Waals surface area contributed by atoms with Crippen molar-refractivity contribution in [2.45, 2.75) is 13.8 Å². The molecule has 0 atom stereocenters. The van der Waals surface area contributed by atoms with E-state index in [4.69, 9.17) is 5.21 Å². The highest BCUT2D eigenvalue weighted by molar-refractivity contribution is 6.21. The van der Waals surface area contributed by atoms with Gasteiger partial charge in [0.05, 0.1) is 11.3 Å². The summed E-state index contributed by atoms with van der Waals surface area (Å²) >= 11 is 0. The Morgan fingerprint density at radius 1 is 1.29 bits per heavy atom. The highest BCUT2D eigenvalue weighted by Gasteiger charge is 2.09. The van der Waals surface area contributed by atoms with Gasteiger partial charge in [0.25, 0.3) is 0 Å². The highest BCUT2D eigenvalue weighted by atomic mass is 16.8. The summed E-state index contributed by atoms with van der Waals surface area (Å²) in [7, 11) is 0. The van der Waals surface area contributed by atoms with Crippen LogP contribution in [0.5, 0.6) is 0 Å². The van der Waals surface area contributed by atoms with Crippen LogP contribution in [0.2, 0.25) is 0 Å². The Balaban J connectivity index is 3.16. The van der Waals surface area contributed by atoms with Crippen LogP contribution in [0.25, 0.3) is 6.08 Å². The number of hydrogen-bond acceptors (Lipinski definition) is 5. The predicted octanol–water partition coefficient (Wildman–Crippen LogP) is 1.94. The van der Waals surface area contributed by atoms with E-state index in [1.807, 2.05) is 0 Å². The second-order valence-electron chi connectivity index (χ2n) is 3.54. The zero-order valence-electron chi connectivity index (χ0n) is 9.51.